The number of nitrogens with one attached hydrogen (secondary N) is 1. The molecule has 1 atom stereocenters. The van der Waals surface area contributed by atoms with E-state index in [1.807, 2.05) is 20.0 Å². The van der Waals surface area contributed by atoms with Crippen molar-refractivity contribution in [3.8, 4) is 5.75 Å². The van der Waals surface area contributed by atoms with Crippen LogP contribution in [0.4, 0.5) is 0 Å². The maximum Gasteiger partial charge on any atom is 0.138 e. The van der Waals surface area contributed by atoms with E-state index in [4.69, 9.17) is 4.74 Å². The van der Waals surface area contributed by atoms with Gasteiger partial charge in [0.05, 0.1) is 12.3 Å². The molecule has 0 spiro atoms. The highest BCUT2D eigenvalue weighted by Gasteiger charge is 2.24. The van der Waals surface area contributed by atoms with Gasteiger partial charge in [0, 0.05) is 12.2 Å². The molecular formula is C16H28N2O. The minimum atomic E-state index is 0.0882. The van der Waals surface area contributed by atoms with E-state index < -0.39 is 0 Å². The van der Waals surface area contributed by atoms with Gasteiger partial charge in [-0.1, -0.05) is 20.8 Å². The van der Waals surface area contributed by atoms with Gasteiger partial charge in [-0.3, -0.25) is 4.98 Å². The van der Waals surface area contributed by atoms with Crippen LogP contribution in [-0.4, -0.2) is 23.7 Å². The van der Waals surface area contributed by atoms with Crippen molar-refractivity contribution in [3.63, 3.8) is 0 Å². The Hall–Kier alpha value is -1.09. The third-order valence-electron chi connectivity index (χ3n) is 3.24. The molecule has 0 aromatic carbocycles. The molecule has 1 aromatic heterocycles. The average Bonchev–Trinajstić information content (AvgIpc) is 2.28. The zero-order valence-electron chi connectivity index (χ0n) is 13.2. The molecule has 108 valence electrons. The summed E-state index contributed by atoms with van der Waals surface area (Å²) < 4.78 is 5.72. The third kappa shape index (κ3) is 5.19. The highest BCUT2D eigenvalue weighted by Crippen LogP contribution is 2.30. The molecule has 1 aromatic rings. The largest absolute Gasteiger partial charge is 0.489 e. The van der Waals surface area contributed by atoms with E-state index in [-0.39, 0.29) is 11.5 Å². The van der Waals surface area contributed by atoms with Gasteiger partial charge in [0.2, 0.25) is 0 Å². The number of aromatic nitrogens is 1. The summed E-state index contributed by atoms with van der Waals surface area (Å²) in [7, 11) is 0. The van der Waals surface area contributed by atoms with Crippen LogP contribution >= 0.6 is 0 Å². The Labute approximate surface area is 117 Å². The van der Waals surface area contributed by atoms with E-state index in [2.05, 4.69) is 44.1 Å². The SMILES string of the molecule is CCNC(C)CC(C)(C)c1cncc(OC(C)C)c1. The summed E-state index contributed by atoms with van der Waals surface area (Å²) in [6, 6.07) is 2.61. The lowest BCUT2D eigenvalue weighted by Gasteiger charge is -2.29. The van der Waals surface area contributed by atoms with Crippen LogP contribution in [0.3, 0.4) is 0 Å². The van der Waals surface area contributed by atoms with Crippen molar-refractivity contribution in [2.24, 2.45) is 0 Å². The molecule has 0 aliphatic carbocycles. The summed E-state index contributed by atoms with van der Waals surface area (Å²) in [4.78, 5) is 4.31. The minimum Gasteiger partial charge on any atom is -0.489 e. The van der Waals surface area contributed by atoms with Gasteiger partial charge < -0.3 is 10.1 Å². The Bertz CT molecular complexity index is 388. The molecule has 0 fully saturated rings. The molecule has 1 rings (SSSR count). The fraction of sp³-hybridized carbons (Fsp3) is 0.688. The van der Waals surface area contributed by atoms with E-state index in [1.165, 1.54) is 5.56 Å². The van der Waals surface area contributed by atoms with Crippen molar-refractivity contribution in [1.82, 2.24) is 10.3 Å². The molecular weight excluding hydrogens is 236 g/mol. The Morgan fingerprint density at radius 3 is 2.53 bits per heavy atom. The Balaban J connectivity index is 2.82. The number of rotatable bonds is 7. The first-order valence-electron chi connectivity index (χ1n) is 7.20. The quantitative estimate of drug-likeness (QED) is 0.818. The standard InChI is InChI=1S/C16H28N2O/c1-7-18-13(4)9-16(5,6)14-8-15(11-17-10-14)19-12(2)3/h8,10-13,18H,7,9H2,1-6H3. The van der Waals surface area contributed by atoms with Crippen LogP contribution in [0.2, 0.25) is 0 Å². The van der Waals surface area contributed by atoms with Crippen molar-refractivity contribution in [2.45, 2.75) is 65.5 Å². The summed E-state index contributed by atoms with van der Waals surface area (Å²) in [5.74, 6) is 0.858. The van der Waals surface area contributed by atoms with Gasteiger partial charge in [-0.05, 0) is 50.8 Å². The number of hydrogen-bond donors (Lipinski definition) is 1. The van der Waals surface area contributed by atoms with E-state index in [1.54, 1.807) is 6.20 Å². The average molecular weight is 264 g/mol. The summed E-state index contributed by atoms with van der Waals surface area (Å²) in [6.45, 7) is 14.0. The lowest BCUT2D eigenvalue weighted by molar-refractivity contribution is 0.240. The molecule has 0 aliphatic heterocycles. The van der Waals surface area contributed by atoms with Crippen molar-refractivity contribution in [2.75, 3.05) is 6.54 Å². The van der Waals surface area contributed by atoms with Gasteiger partial charge in [-0.15, -0.1) is 0 Å². The lowest BCUT2D eigenvalue weighted by atomic mass is 9.80. The normalized spacial score (nSPS) is 13.6. The molecule has 0 radical (unpaired) electrons. The van der Waals surface area contributed by atoms with Crippen LogP contribution in [0.15, 0.2) is 18.5 Å². The molecule has 0 amide bonds. The number of nitrogens with zero attached hydrogens (tertiary/aromatic N) is 1. The molecule has 1 N–H and O–H groups in total. The van der Waals surface area contributed by atoms with E-state index in [9.17, 15) is 0 Å². The van der Waals surface area contributed by atoms with Gasteiger partial charge in [0.25, 0.3) is 0 Å². The maximum atomic E-state index is 5.72. The zero-order valence-corrected chi connectivity index (χ0v) is 13.2. The highest BCUT2D eigenvalue weighted by atomic mass is 16.5. The van der Waals surface area contributed by atoms with Crippen LogP contribution in [-0.2, 0) is 5.41 Å². The van der Waals surface area contributed by atoms with Crippen molar-refractivity contribution >= 4 is 0 Å². The van der Waals surface area contributed by atoms with E-state index in [0.29, 0.717) is 6.04 Å². The number of ether oxygens (including phenoxy) is 1. The van der Waals surface area contributed by atoms with Crippen LogP contribution in [0.5, 0.6) is 5.75 Å². The first kappa shape index (κ1) is 16.0. The van der Waals surface area contributed by atoms with E-state index in [0.717, 1.165) is 18.7 Å². The van der Waals surface area contributed by atoms with Gasteiger partial charge in [0.1, 0.15) is 5.75 Å². The second-order valence-corrected chi connectivity index (χ2v) is 6.12. The van der Waals surface area contributed by atoms with Crippen LogP contribution in [0.25, 0.3) is 0 Å². The van der Waals surface area contributed by atoms with E-state index >= 15 is 0 Å². The molecule has 0 bridgehead atoms. The van der Waals surface area contributed by atoms with Gasteiger partial charge in [0.15, 0.2) is 0 Å². The summed E-state index contributed by atoms with van der Waals surface area (Å²) in [6.07, 6.45) is 4.99. The molecule has 19 heavy (non-hydrogen) atoms. The third-order valence-corrected chi connectivity index (χ3v) is 3.24. The minimum absolute atomic E-state index is 0.0882. The molecule has 0 aliphatic rings. The Kier molecular flexibility index (Phi) is 5.80. The van der Waals surface area contributed by atoms with Crippen molar-refractivity contribution < 1.29 is 4.74 Å². The molecule has 0 saturated heterocycles. The summed E-state index contributed by atoms with van der Waals surface area (Å²) in [5, 5.41) is 3.47. The first-order chi connectivity index (χ1) is 8.85. The predicted octanol–water partition coefficient (Wildman–Crippen LogP) is 3.53. The molecule has 1 unspecified atom stereocenters. The van der Waals surface area contributed by atoms with Gasteiger partial charge >= 0.3 is 0 Å². The smallest absolute Gasteiger partial charge is 0.138 e. The monoisotopic (exact) mass is 264 g/mol. The molecule has 1 heterocycles. The second-order valence-electron chi connectivity index (χ2n) is 6.12. The number of pyridine rings is 1. The van der Waals surface area contributed by atoms with Crippen LogP contribution < -0.4 is 10.1 Å². The fourth-order valence-electron chi connectivity index (χ4n) is 2.43. The predicted molar refractivity (Wildman–Crippen MR) is 80.8 cm³/mol. The maximum absolute atomic E-state index is 5.72. The lowest BCUT2D eigenvalue weighted by Crippen LogP contribution is -2.33. The molecule has 3 heteroatoms. The first-order valence-corrected chi connectivity index (χ1v) is 7.20. The van der Waals surface area contributed by atoms with Gasteiger partial charge in [-0.25, -0.2) is 0 Å². The summed E-state index contributed by atoms with van der Waals surface area (Å²) in [5.41, 5.74) is 1.32. The Morgan fingerprint density at radius 2 is 1.95 bits per heavy atom. The highest BCUT2D eigenvalue weighted by molar-refractivity contribution is 5.29. The topological polar surface area (TPSA) is 34.2 Å². The molecule has 3 nitrogen and oxygen atoms in total. The van der Waals surface area contributed by atoms with Crippen molar-refractivity contribution in [3.05, 3.63) is 24.0 Å². The fourth-order valence-corrected chi connectivity index (χ4v) is 2.43. The Morgan fingerprint density at radius 1 is 1.26 bits per heavy atom. The number of hydrogen-bond acceptors (Lipinski definition) is 3. The zero-order chi connectivity index (χ0) is 14.5. The van der Waals surface area contributed by atoms with Gasteiger partial charge in [-0.2, -0.15) is 0 Å². The van der Waals surface area contributed by atoms with Crippen molar-refractivity contribution in [1.29, 1.82) is 0 Å². The van der Waals surface area contributed by atoms with Crippen LogP contribution in [0.1, 0.15) is 53.5 Å². The molecule has 0 saturated carbocycles. The van der Waals surface area contributed by atoms with Crippen LogP contribution in [0, 0.1) is 0 Å². The summed E-state index contributed by atoms with van der Waals surface area (Å²) >= 11 is 0. The second kappa shape index (κ2) is 6.90.